The number of ether oxygens (including phenoxy) is 1. The van der Waals surface area contributed by atoms with E-state index in [-0.39, 0.29) is 12.5 Å². The molecule has 3 heteroatoms. The quantitative estimate of drug-likeness (QED) is 0.817. The largest absolute Gasteiger partial charge is 0.505 e. The maximum absolute atomic E-state index is 10.6. The van der Waals surface area contributed by atoms with Crippen LogP contribution in [0.4, 0.5) is 4.79 Å². The monoisotopic (exact) mass is 240 g/mol. The molecule has 90 valence electrons. The molecule has 0 fully saturated rings. The molecule has 3 nitrogen and oxygen atoms in total. The SMILES string of the molecule is O=C(O)OCC1c2ccccc2-c2ccccc21. The van der Waals surface area contributed by atoms with Gasteiger partial charge in [0.2, 0.25) is 0 Å². The Morgan fingerprint density at radius 3 is 2.00 bits per heavy atom. The third-order valence-corrected chi connectivity index (χ3v) is 3.34. The molecule has 18 heavy (non-hydrogen) atoms. The van der Waals surface area contributed by atoms with Crippen molar-refractivity contribution in [1.82, 2.24) is 0 Å². The van der Waals surface area contributed by atoms with E-state index < -0.39 is 6.16 Å². The molecule has 0 amide bonds. The van der Waals surface area contributed by atoms with Crippen LogP contribution in [0.5, 0.6) is 0 Å². The lowest BCUT2D eigenvalue weighted by Gasteiger charge is -2.12. The van der Waals surface area contributed by atoms with Crippen LogP contribution < -0.4 is 0 Å². The zero-order valence-electron chi connectivity index (χ0n) is 9.67. The molecule has 0 aliphatic heterocycles. The van der Waals surface area contributed by atoms with Crippen LogP contribution in [0.2, 0.25) is 0 Å². The van der Waals surface area contributed by atoms with Crippen molar-refractivity contribution >= 4 is 6.16 Å². The Morgan fingerprint density at radius 1 is 1.00 bits per heavy atom. The van der Waals surface area contributed by atoms with Crippen LogP contribution >= 0.6 is 0 Å². The van der Waals surface area contributed by atoms with Crippen LogP contribution in [0.1, 0.15) is 17.0 Å². The third-order valence-electron chi connectivity index (χ3n) is 3.34. The molecule has 0 radical (unpaired) electrons. The molecule has 0 spiro atoms. The van der Waals surface area contributed by atoms with Gasteiger partial charge in [0.15, 0.2) is 0 Å². The fourth-order valence-electron chi connectivity index (χ4n) is 2.59. The van der Waals surface area contributed by atoms with Crippen molar-refractivity contribution in [3.8, 4) is 11.1 Å². The number of hydrogen-bond acceptors (Lipinski definition) is 2. The second-order valence-electron chi connectivity index (χ2n) is 4.30. The van der Waals surface area contributed by atoms with Gasteiger partial charge in [-0.1, -0.05) is 48.5 Å². The summed E-state index contributed by atoms with van der Waals surface area (Å²) in [6, 6.07) is 16.1. The Kier molecular flexibility index (Phi) is 2.52. The van der Waals surface area contributed by atoms with Crippen molar-refractivity contribution in [3.63, 3.8) is 0 Å². The van der Waals surface area contributed by atoms with Crippen LogP contribution in [0.15, 0.2) is 48.5 Å². The van der Waals surface area contributed by atoms with E-state index in [0.29, 0.717) is 0 Å². The number of carboxylic acid groups (broad SMARTS) is 1. The second kappa shape index (κ2) is 4.18. The maximum Gasteiger partial charge on any atom is 0.505 e. The van der Waals surface area contributed by atoms with Crippen molar-refractivity contribution in [3.05, 3.63) is 59.7 Å². The molecule has 0 saturated carbocycles. The van der Waals surface area contributed by atoms with Crippen LogP contribution in [0.3, 0.4) is 0 Å². The minimum Gasteiger partial charge on any atom is -0.450 e. The van der Waals surface area contributed by atoms with Crippen LogP contribution in [0, 0.1) is 0 Å². The zero-order chi connectivity index (χ0) is 12.5. The maximum atomic E-state index is 10.6. The molecule has 2 aromatic rings. The van der Waals surface area contributed by atoms with Gasteiger partial charge in [-0.15, -0.1) is 0 Å². The molecule has 2 aromatic carbocycles. The predicted octanol–water partition coefficient (Wildman–Crippen LogP) is 3.49. The van der Waals surface area contributed by atoms with Gasteiger partial charge in [-0.25, -0.2) is 4.79 Å². The van der Waals surface area contributed by atoms with E-state index in [1.807, 2.05) is 36.4 Å². The molecule has 0 bridgehead atoms. The number of hydrogen-bond donors (Lipinski definition) is 1. The van der Waals surface area contributed by atoms with E-state index >= 15 is 0 Å². The lowest BCUT2D eigenvalue weighted by Crippen LogP contribution is -2.10. The van der Waals surface area contributed by atoms with Crippen molar-refractivity contribution in [1.29, 1.82) is 0 Å². The van der Waals surface area contributed by atoms with Gasteiger partial charge in [-0.05, 0) is 22.3 Å². The van der Waals surface area contributed by atoms with Gasteiger partial charge in [-0.3, -0.25) is 0 Å². The summed E-state index contributed by atoms with van der Waals surface area (Å²) in [5, 5.41) is 8.65. The molecule has 1 N–H and O–H groups in total. The fraction of sp³-hybridized carbons (Fsp3) is 0.133. The molecular formula is C15H12O3. The first-order valence-electron chi connectivity index (χ1n) is 5.81. The number of carbonyl (C=O) groups is 1. The summed E-state index contributed by atoms with van der Waals surface area (Å²) in [5.74, 6) is 0.00787. The molecule has 0 atom stereocenters. The molecular weight excluding hydrogens is 228 g/mol. The summed E-state index contributed by atoms with van der Waals surface area (Å²) in [6.07, 6.45) is -1.23. The van der Waals surface area contributed by atoms with Crippen LogP contribution in [0.25, 0.3) is 11.1 Å². The van der Waals surface area contributed by atoms with Crippen LogP contribution in [-0.4, -0.2) is 17.9 Å². The van der Waals surface area contributed by atoms with Gasteiger partial charge >= 0.3 is 6.16 Å². The first-order chi connectivity index (χ1) is 8.77. The molecule has 0 unspecified atom stereocenters. The average Bonchev–Trinajstić information content (AvgIpc) is 2.71. The summed E-state index contributed by atoms with van der Waals surface area (Å²) in [7, 11) is 0. The first kappa shape index (κ1) is 10.8. The van der Waals surface area contributed by atoms with Gasteiger partial charge in [0, 0.05) is 5.92 Å². The molecule has 1 aliphatic carbocycles. The highest BCUT2D eigenvalue weighted by molar-refractivity contribution is 5.78. The van der Waals surface area contributed by atoms with Crippen LogP contribution in [-0.2, 0) is 4.74 Å². The zero-order valence-corrected chi connectivity index (χ0v) is 9.67. The number of fused-ring (bicyclic) bond motifs is 3. The van der Waals surface area contributed by atoms with E-state index in [1.165, 1.54) is 11.1 Å². The average molecular weight is 240 g/mol. The predicted molar refractivity (Wildman–Crippen MR) is 67.7 cm³/mol. The topological polar surface area (TPSA) is 46.5 Å². The van der Waals surface area contributed by atoms with Crippen molar-refractivity contribution < 1.29 is 14.6 Å². The molecule has 1 aliphatic rings. The highest BCUT2D eigenvalue weighted by Gasteiger charge is 2.28. The van der Waals surface area contributed by atoms with E-state index in [0.717, 1.165) is 11.1 Å². The molecule has 3 rings (SSSR count). The highest BCUT2D eigenvalue weighted by atomic mass is 16.7. The summed E-state index contributed by atoms with van der Waals surface area (Å²) < 4.78 is 4.76. The lowest BCUT2D eigenvalue weighted by atomic mass is 9.98. The second-order valence-corrected chi connectivity index (χ2v) is 4.30. The Bertz CT molecular complexity index is 559. The Labute approximate surface area is 105 Å². The molecule has 0 saturated heterocycles. The number of benzene rings is 2. The van der Waals surface area contributed by atoms with Gasteiger partial charge < -0.3 is 9.84 Å². The Hall–Kier alpha value is -2.29. The minimum atomic E-state index is -1.23. The van der Waals surface area contributed by atoms with Crippen molar-refractivity contribution in [2.75, 3.05) is 6.61 Å². The highest BCUT2D eigenvalue weighted by Crippen LogP contribution is 2.44. The van der Waals surface area contributed by atoms with Gasteiger partial charge in [0.1, 0.15) is 6.61 Å². The molecule has 0 aromatic heterocycles. The third kappa shape index (κ3) is 1.64. The standard InChI is InChI=1S/C15H12O3/c16-15(17)18-9-14-12-7-3-1-5-10(12)11-6-2-4-8-13(11)14/h1-8,14H,9H2,(H,16,17). The van der Waals surface area contributed by atoms with Gasteiger partial charge in [0.05, 0.1) is 0 Å². The summed E-state index contributed by atoms with van der Waals surface area (Å²) in [4.78, 5) is 10.6. The normalized spacial score (nSPS) is 12.9. The van der Waals surface area contributed by atoms with E-state index in [2.05, 4.69) is 12.1 Å². The Balaban J connectivity index is 2.06. The first-order valence-corrected chi connectivity index (χ1v) is 5.81. The van der Waals surface area contributed by atoms with Crippen molar-refractivity contribution in [2.24, 2.45) is 0 Å². The van der Waals surface area contributed by atoms with Crippen molar-refractivity contribution in [2.45, 2.75) is 5.92 Å². The minimum absolute atomic E-state index is 0.00787. The summed E-state index contributed by atoms with van der Waals surface area (Å²) in [6.45, 7) is 0.170. The van der Waals surface area contributed by atoms with Gasteiger partial charge in [-0.2, -0.15) is 0 Å². The van der Waals surface area contributed by atoms with E-state index in [1.54, 1.807) is 0 Å². The molecule has 0 heterocycles. The summed E-state index contributed by atoms with van der Waals surface area (Å²) >= 11 is 0. The van der Waals surface area contributed by atoms with E-state index in [4.69, 9.17) is 9.84 Å². The smallest absolute Gasteiger partial charge is 0.450 e. The summed E-state index contributed by atoms with van der Waals surface area (Å²) in [5.41, 5.74) is 4.62. The number of rotatable bonds is 2. The van der Waals surface area contributed by atoms with E-state index in [9.17, 15) is 4.79 Å². The van der Waals surface area contributed by atoms with Gasteiger partial charge in [0.25, 0.3) is 0 Å². The lowest BCUT2D eigenvalue weighted by molar-refractivity contribution is 0.0891. The fourth-order valence-corrected chi connectivity index (χ4v) is 2.59. The Morgan fingerprint density at radius 2 is 1.50 bits per heavy atom.